The van der Waals surface area contributed by atoms with E-state index in [2.05, 4.69) is 16.0 Å². The van der Waals surface area contributed by atoms with Crippen LogP contribution in [0.25, 0.3) is 0 Å². The Kier molecular flexibility index (Phi) is 12.0. The zero-order valence-corrected chi connectivity index (χ0v) is 24.7. The topological polar surface area (TPSA) is 198 Å². The van der Waals surface area contributed by atoms with Gasteiger partial charge in [0.25, 0.3) is 0 Å². The third-order valence-electron chi connectivity index (χ3n) is 6.97. The molecule has 0 bridgehead atoms. The monoisotopic (exact) mass is 626 g/mol. The zero-order chi connectivity index (χ0) is 31.9. The highest BCUT2D eigenvalue weighted by Gasteiger charge is 2.40. The van der Waals surface area contributed by atoms with Crippen LogP contribution >= 0.6 is 11.8 Å². The zero-order valence-electron chi connectivity index (χ0n) is 23.9. The number of rotatable bonds is 14. The number of anilines is 1. The fraction of sp³-hybridized carbons (Fsp3) is 0.481. The molecule has 0 spiro atoms. The number of nitrogens with two attached hydrogens (primary N) is 3. The van der Waals surface area contributed by atoms with Crippen molar-refractivity contribution < 1.29 is 37.5 Å². The number of fused-ring (bicyclic) bond motifs is 1. The lowest BCUT2D eigenvalue weighted by molar-refractivity contribution is -0.137. The second kappa shape index (κ2) is 14.9. The van der Waals surface area contributed by atoms with E-state index in [4.69, 9.17) is 21.9 Å². The van der Waals surface area contributed by atoms with E-state index in [0.29, 0.717) is 21.6 Å². The summed E-state index contributed by atoms with van der Waals surface area (Å²) in [7, 11) is -1.10. The van der Waals surface area contributed by atoms with Crippen LogP contribution in [-0.4, -0.2) is 72.3 Å². The summed E-state index contributed by atoms with van der Waals surface area (Å²) < 4.78 is 44.5. The molecule has 1 aliphatic rings. The van der Waals surface area contributed by atoms with Crippen molar-refractivity contribution in [1.29, 1.82) is 0 Å². The number of aliphatic hydroxyl groups is 1. The van der Waals surface area contributed by atoms with E-state index in [1.165, 1.54) is 12.1 Å². The van der Waals surface area contributed by atoms with Crippen LogP contribution in [0.4, 0.5) is 18.9 Å². The summed E-state index contributed by atoms with van der Waals surface area (Å²) >= 11 is 1.11. The molecule has 3 atom stereocenters. The standard InChI is InChI=1S/C27H38BF3N6O5S/c1-26(2)19-11-16(5-8-20(19)28(41)42-26)36-25(40)22(14-43-18-6-3-15(4-7-18)27(29,30)31)37-24(39)21(34)9-10-23(38)35-17(12-32)13-33/h3-8,11,17,21-22,24,37,39,41H,9-10,12-14,32-34H2,1-2H3,(H,35,38)(H,36,40)/t21-,22+,24?/m0/s1. The van der Waals surface area contributed by atoms with E-state index in [1.807, 2.05) is 0 Å². The lowest BCUT2D eigenvalue weighted by Gasteiger charge is -2.26. The largest absolute Gasteiger partial charge is 0.492 e. The van der Waals surface area contributed by atoms with E-state index in [0.717, 1.165) is 23.9 Å². The van der Waals surface area contributed by atoms with Gasteiger partial charge in [-0.3, -0.25) is 14.9 Å². The van der Waals surface area contributed by atoms with Crippen molar-refractivity contribution in [3.8, 4) is 0 Å². The number of nitrogens with one attached hydrogen (secondary N) is 3. The van der Waals surface area contributed by atoms with Crippen LogP contribution in [0.3, 0.4) is 0 Å². The van der Waals surface area contributed by atoms with Gasteiger partial charge in [0, 0.05) is 41.9 Å². The average molecular weight is 627 g/mol. The first kappa shape index (κ1) is 34.8. The molecule has 16 heteroatoms. The summed E-state index contributed by atoms with van der Waals surface area (Å²) in [4.78, 5) is 26.1. The van der Waals surface area contributed by atoms with Gasteiger partial charge in [-0.15, -0.1) is 11.8 Å². The van der Waals surface area contributed by atoms with Crippen LogP contribution in [0.2, 0.25) is 0 Å². The Balaban J connectivity index is 1.71. The number of aliphatic hydroxyl groups excluding tert-OH is 1. The Morgan fingerprint density at radius 3 is 2.37 bits per heavy atom. The minimum absolute atomic E-state index is 0.0214. The molecule has 2 amide bonds. The molecule has 0 saturated carbocycles. The van der Waals surface area contributed by atoms with Crippen molar-refractivity contribution in [2.45, 2.75) is 67.7 Å². The summed E-state index contributed by atoms with van der Waals surface area (Å²) in [5.41, 5.74) is 17.3. The normalized spacial score (nSPS) is 16.5. The number of halogens is 3. The predicted molar refractivity (Wildman–Crippen MR) is 159 cm³/mol. The highest BCUT2D eigenvalue weighted by atomic mass is 32.2. The lowest BCUT2D eigenvalue weighted by Crippen LogP contribution is -2.54. The van der Waals surface area contributed by atoms with E-state index in [1.54, 1.807) is 32.0 Å². The van der Waals surface area contributed by atoms with Crippen LogP contribution in [0.15, 0.2) is 47.4 Å². The third kappa shape index (κ3) is 9.65. The van der Waals surface area contributed by atoms with Crippen LogP contribution in [0.5, 0.6) is 0 Å². The number of alkyl halides is 3. The lowest BCUT2D eigenvalue weighted by atomic mass is 9.78. The Morgan fingerprint density at radius 1 is 1.12 bits per heavy atom. The first-order chi connectivity index (χ1) is 20.1. The fourth-order valence-corrected chi connectivity index (χ4v) is 5.36. The molecule has 0 radical (unpaired) electrons. The molecule has 0 aliphatic carbocycles. The number of hydrogen-bond acceptors (Lipinski definition) is 10. The van der Waals surface area contributed by atoms with Crippen LogP contribution in [-0.2, 0) is 26.0 Å². The van der Waals surface area contributed by atoms with Gasteiger partial charge in [-0.1, -0.05) is 6.07 Å². The van der Waals surface area contributed by atoms with Gasteiger partial charge in [0.1, 0.15) is 6.23 Å². The summed E-state index contributed by atoms with van der Waals surface area (Å²) in [5, 5.41) is 29.2. The minimum Gasteiger partial charge on any atom is -0.423 e. The molecule has 1 heterocycles. The number of thioether (sulfide) groups is 1. The van der Waals surface area contributed by atoms with E-state index in [9.17, 15) is 32.9 Å². The number of carbonyl (C=O) groups is 2. The van der Waals surface area contributed by atoms with Crippen molar-refractivity contribution in [2.75, 3.05) is 24.2 Å². The summed E-state index contributed by atoms with van der Waals surface area (Å²) in [6.07, 6.45) is -5.83. The van der Waals surface area contributed by atoms with Crippen LogP contribution < -0.4 is 38.6 Å². The van der Waals surface area contributed by atoms with Crippen molar-refractivity contribution >= 4 is 41.8 Å². The summed E-state index contributed by atoms with van der Waals surface area (Å²) in [5.74, 6) is -0.868. The molecule has 1 aliphatic heterocycles. The second-order valence-corrected chi connectivity index (χ2v) is 11.8. The van der Waals surface area contributed by atoms with Crippen molar-refractivity contribution in [2.24, 2.45) is 17.2 Å². The third-order valence-corrected chi connectivity index (χ3v) is 8.08. The molecular formula is C27H38BF3N6O5S. The maximum absolute atomic E-state index is 13.4. The Labute approximate surface area is 252 Å². The van der Waals surface area contributed by atoms with Crippen LogP contribution in [0, 0.1) is 0 Å². The molecule has 0 saturated heterocycles. The Hall–Kier alpha value is -2.70. The Bertz CT molecular complexity index is 1250. The quantitative estimate of drug-likeness (QED) is 0.0813. The van der Waals surface area contributed by atoms with Gasteiger partial charge in [0.05, 0.1) is 23.2 Å². The van der Waals surface area contributed by atoms with Gasteiger partial charge in [-0.25, -0.2) is 0 Å². The maximum Gasteiger partial charge on any atom is 0.492 e. The van der Waals surface area contributed by atoms with Gasteiger partial charge in [0.15, 0.2) is 0 Å². The molecule has 11 nitrogen and oxygen atoms in total. The molecule has 2 aromatic carbocycles. The second-order valence-electron chi connectivity index (χ2n) is 10.7. The number of amides is 2. The number of hydrogen-bond donors (Lipinski definition) is 8. The SMILES string of the molecule is CC1(C)OB(O)c2ccc(NC(=O)[C@@H](CSc3ccc(C(F)(F)F)cc3)NC(O)[C@@H](N)CCC(=O)NC(CN)CN)cc21. The van der Waals surface area contributed by atoms with E-state index < -0.39 is 48.7 Å². The molecule has 3 rings (SSSR count). The van der Waals surface area contributed by atoms with Gasteiger partial charge < -0.3 is 42.6 Å². The number of carbonyl (C=O) groups excluding carboxylic acids is 2. The predicted octanol–water partition coefficient (Wildman–Crippen LogP) is 0.175. The highest BCUT2D eigenvalue weighted by Crippen LogP contribution is 2.32. The van der Waals surface area contributed by atoms with Gasteiger partial charge in [-0.2, -0.15) is 13.2 Å². The summed E-state index contributed by atoms with van der Waals surface area (Å²) in [6, 6.07) is 7.03. The van der Waals surface area contributed by atoms with Crippen molar-refractivity contribution in [1.82, 2.24) is 10.6 Å². The molecule has 11 N–H and O–H groups in total. The molecule has 236 valence electrons. The smallest absolute Gasteiger partial charge is 0.423 e. The molecule has 2 aromatic rings. The number of benzene rings is 2. The molecular weight excluding hydrogens is 588 g/mol. The molecule has 43 heavy (non-hydrogen) atoms. The van der Waals surface area contributed by atoms with Gasteiger partial charge in [-0.05, 0) is 67.7 Å². The van der Waals surface area contributed by atoms with Crippen molar-refractivity contribution in [3.05, 3.63) is 53.6 Å². The Morgan fingerprint density at radius 2 is 1.77 bits per heavy atom. The van der Waals surface area contributed by atoms with Gasteiger partial charge >= 0.3 is 13.3 Å². The fourth-order valence-electron chi connectivity index (χ4n) is 4.42. The van der Waals surface area contributed by atoms with E-state index >= 15 is 0 Å². The molecule has 0 aromatic heterocycles. The van der Waals surface area contributed by atoms with Crippen molar-refractivity contribution in [3.63, 3.8) is 0 Å². The summed E-state index contributed by atoms with van der Waals surface area (Å²) in [6.45, 7) is 3.90. The minimum atomic E-state index is -4.48. The van der Waals surface area contributed by atoms with Gasteiger partial charge in [0.2, 0.25) is 11.8 Å². The maximum atomic E-state index is 13.4. The molecule has 0 fully saturated rings. The van der Waals surface area contributed by atoms with E-state index in [-0.39, 0.29) is 43.6 Å². The van der Waals surface area contributed by atoms with Crippen LogP contribution in [0.1, 0.15) is 37.8 Å². The average Bonchev–Trinajstić information content (AvgIpc) is 3.18. The first-order valence-electron chi connectivity index (χ1n) is 13.6. The highest BCUT2D eigenvalue weighted by molar-refractivity contribution is 7.99. The first-order valence-corrected chi connectivity index (χ1v) is 14.6. The molecule has 1 unspecified atom stereocenters.